The first-order valence-electron chi connectivity index (χ1n) is 0.408. The van der Waals surface area contributed by atoms with Crippen molar-refractivity contribution in [2.24, 2.45) is 0 Å². The van der Waals surface area contributed by atoms with E-state index >= 15 is 0 Å². The Balaban J connectivity index is -0.00000000667. The average molecular weight is 165 g/mol. The van der Waals surface area contributed by atoms with Gasteiger partial charge in [-0.3, -0.25) is 0 Å². The first-order chi connectivity index (χ1) is 1.41. The first kappa shape index (κ1) is 9.22. The fraction of sp³-hybridized carbons (Fsp3) is 0. The minimum absolute atomic E-state index is 0. The molecule has 0 atom stereocenters. The third kappa shape index (κ3) is 9.27. The Morgan fingerprint density at radius 2 is 1.50 bits per heavy atom. The second kappa shape index (κ2) is 8.83. The summed E-state index contributed by atoms with van der Waals surface area (Å²) in [6.07, 6.45) is 0. The van der Waals surface area contributed by atoms with Gasteiger partial charge in [0.15, 0.2) is 0 Å². The van der Waals surface area contributed by atoms with Crippen LogP contribution in [0.5, 0.6) is 0 Å². The molecule has 0 aliphatic rings. The van der Waals surface area contributed by atoms with E-state index in [0.29, 0.717) is 0 Å². The Kier molecular flexibility index (Phi) is 20.4. The maximum atomic E-state index is 8.54. The van der Waals surface area contributed by atoms with E-state index in [0.717, 1.165) is 0 Å². The van der Waals surface area contributed by atoms with Crippen LogP contribution in [0.25, 0.3) is 0 Å². The van der Waals surface area contributed by atoms with Crippen LogP contribution in [0.3, 0.4) is 0 Å². The molecule has 0 amide bonds. The van der Waals surface area contributed by atoms with Gasteiger partial charge in [0.1, 0.15) is 0 Å². The van der Waals surface area contributed by atoms with E-state index in [1.807, 2.05) is 0 Å². The van der Waals surface area contributed by atoms with Gasteiger partial charge in [0.25, 0.3) is 0 Å². The summed E-state index contributed by atoms with van der Waals surface area (Å²) in [5, 5.41) is 0. The SMILES string of the molecule is [Ca+2].[H-].[H-].[O]=[Zr]=[O]. The molecule has 0 radical (unpaired) electrons. The van der Waals surface area contributed by atoms with E-state index in [4.69, 9.17) is 5.63 Å². The molecule has 0 unspecified atom stereocenters. The van der Waals surface area contributed by atoms with Gasteiger partial charge in [-0.1, -0.05) is 0 Å². The molecule has 0 aliphatic carbocycles. The summed E-state index contributed by atoms with van der Waals surface area (Å²) < 4.78 is 17.1. The normalized spacial score (nSPS) is 2.00. The van der Waals surface area contributed by atoms with Gasteiger partial charge in [0.05, 0.1) is 0 Å². The Labute approximate surface area is 68.4 Å². The summed E-state index contributed by atoms with van der Waals surface area (Å²) in [4.78, 5) is 0. The second-order valence-corrected chi connectivity index (χ2v) is 0.493. The van der Waals surface area contributed by atoms with E-state index < -0.39 is 23.2 Å². The molecule has 0 aliphatic heterocycles. The van der Waals surface area contributed by atoms with Gasteiger partial charge in [-0.15, -0.1) is 0 Å². The molecule has 20 valence electrons. The predicted octanol–water partition coefficient (Wildman–Crippen LogP) is -0.396. The van der Waals surface area contributed by atoms with Crippen molar-refractivity contribution in [3.8, 4) is 0 Å². The predicted molar refractivity (Wildman–Crippen MR) is 9.35 cm³/mol. The van der Waals surface area contributed by atoms with Crippen molar-refractivity contribution in [3.63, 3.8) is 0 Å². The van der Waals surface area contributed by atoms with Crippen LogP contribution in [0, 0.1) is 0 Å². The molecule has 0 aromatic heterocycles. The van der Waals surface area contributed by atoms with Gasteiger partial charge in [0.2, 0.25) is 0 Å². The number of hydrogen-bond donors (Lipinski definition) is 0. The minimum atomic E-state index is -2.27. The van der Waals surface area contributed by atoms with Crippen LogP contribution in [0.4, 0.5) is 0 Å². The van der Waals surface area contributed by atoms with Gasteiger partial charge in [-0.2, -0.15) is 0 Å². The summed E-state index contributed by atoms with van der Waals surface area (Å²) in [6, 6.07) is 0. The van der Waals surface area contributed by atoms with Crippen LogP contribution in [0.2, 0.25) is 0 Å². The Bertz CT molecular complexity index is 32.5. The zero-order valence-corrected chi connectivity index (χ0v) is 6.69. The van der Waals surface area contributed by atoms with Crippen LogP contribution in [-0.2, 0) is 28.9 Å². The zero-order valence-electron chi connectivity index (χ0n) is 4.02. The van der Waals surface area contributed by atoms with E-state index in [9.17, 15) is 0 Å². The van der Waals surface area contributed by atoms with Gasteiger partial charge in [-0.05, 0) is 0 Å². The Morgan fingerprint density at radius 3 is 1.50 bits per heavy atom. The van der Waals surface area contributed by atoms with Gasteiger partial charge in [0, 0.05) is 0 Å². The van der Waals surface area contributed by atoms with Crippen molar-refractivity contribution < 1.29 is 31.7 Å². The molecule has 4 heavy (non-hydrogen) atoms. The first-order valence-corrected chi connectivity index (χ1v) is 2.42. The van der Waals surface area contributed by atoms with Crippen molar-refractivity contribution >= 4 is 37.7 Å². The summed E-state index contributed by atoms with van der Waals surface area (Å²) in [7, 11) is 0. The van der Waals surface area contributed by atoms with Gasteiger partial charge in [-0.25, -0.2) is 0 Å². The molecule has 4 heteroatoms. The van der Waals surface area contributed by atoms with E-state index in [1.54, 1.807) is 0 Å². The number of hydrogen-bond acceptors (Lipinski definition) is 2. The molecular weight excluding hydrogens is 163 g/mol. The van der Waals surface area contributed by atoms with E-state index in [-0.39, 0.29) is 40.6 Å². The standard InChI is InChI=1S/Ca.2O.Zr.2H/q+2;;;;2*-1. The van der Waals surface area contributed by atoms with Crippen LogP contribution < -0.4 is 0 Å². The van der Waals surface area contributed by atoms with Crippen molar-refractivity contribution in [3.05, 3.63) is 0 Å². The van der Waals surface area contributed by atoms with Crippen molar-refractivity contribution in [2.45, 2.75) is 0 Å². The zero-order chi connectivity index (χ0) is 2.71. The molecule has 0 fully saturated rings. The monoisotopic (exact) mass is 164 g/mol. The van der Waals surface area contributed by atoms with Crippen molar-refractivity contribution in [1.82, 2.24) is 0 Å². The fourth-order valence-electron chi connectivity index (χ4n) is 0. The molecule has 0 aromatic carbocycles. The molecule has 0 aromatic rings. The van der Waals surface area contributed by atoms with Crippen molar-refractivity contribution in [2.75, 3.05) is 0 Å². The second-order valence-electron chi connectivity index (χ2n) is 0.0833. The molecule has 0 rings (SSSR count). The van der Waals surface area contributed by atoms with Crippen LogP contribution in [0.15, 0.2) is 0 Å². The van der Waals surface area contributed by atoms with E-state index in [1.165, 1.54) is 0 Å². The third-order valence-corrected chi connectivity index (χ3v) is 0. The summed E-state index contributed by atoms with van der Waals surface area (Å²) in [5.41, 5.74) is 0. The van der Waals surface area contributed by atoms with Crippen LogP contribution in [0.1, 0.15) is 2.85 Å². The number of rotatable bonds is 0. The maximum absolute atomic E-state index is 8.54. The molecule has 0 bridgehead atoms. The molecular formula is H2CaO2Zr. The molecule has 0 heterocycles. The quantitative estimate of drug-likeness (QED) is 0.458. The fourth-order valence-corrected chi connectivity index (χ4v) is 0. The third-order valence-electron chi connectivity index (χ3n) is 0. The average Bonchev–Trinajstić information content (AvgIpc) is 0.918. The van der Waals surface area contributed by atoms with Gasteiger partial charge < -0.3 is 2.85 Å². The molecule has 0 saturated heterocycles. The Hall–Kier alpha value is 1.74. The molecule has 2 nitrogen and oxygen atoms in total. The van der Waals surface area contributed by atoms with Crippen LogP contribution in [-0.4, -0.2) is 37.7 Å². The Morgan fingerprint density at radius 1 is 1.50 bits per heavy atom. The topological polar surface area (TPSA) is 34.1 Å². The van der Waals surface area contributed by atoms with Gasteiger partial charge >= 0.3 is 66.6 Å². The van der Waals surface area contributed by atoms with E-state index in [2.05, 4.69) is 0 Å². The van der Waals surface area contributed by atoms with Crippen molar-refractivity contribution in [1.29, 1.82) is 0 Å². The summed E-state index contributed by atoms with van der Waals surface area (Å²) in [6.45, 7) is 0. The van der Waals surface area contributed by atoms with Crippen LogP contribution >= 0.6 is 0 Å². The summed E-state index contributed by atoms with van der Waals surface area (Å²) >= 11 is -2.27. The molecule has 0 spiro atoms. The molecule has 0 N–H and O–H groups in total. The summed E-state index contributed by atoms with van der Waals surface area (Å²) in [5.74, 6) is 0. The molecule has 0 saturated carbocycles.